The zero-order valence-electron chi connectivity index (χ0n) is 10.8. The number of amidine groups is 1. The summed E-state index contributed by atoms with van der Waals surface area (Å²) >= 11 is 0. The van der Waals surface area contributed by atoms with Crippen LogP contribution in [0.15, 0.2) is 12.1 Å². The average Bonchev–Trinajstić information content (AvgIpc) is 2.66. The second-order valence-electron chi connectivity index (χ2n) is 4.53. The topological polar surface area (TPSA) is 80.6 Å². The number of rotatable bonds is 4. The van der Waals surface area contributed by atoms with Crippen LogP contribution in [-0.2, 0) is 6.54 Å². The van der Waals surface area contributed by atoms with Gasteiger partial charge >= 0.3 is 6.18 Å². The van der Waals surface area contributed by atoms with E-state index in [1.54, 1.807) is 19.1 Å². The lowest BCUT2D eigenvalue weighted by molar-refractivity contribution is -0.135. The molecule has 2 aromatic rings. The van der Waals surface area contributed by atoms with Gasteiger partial charge in [0.25, 0.3) is 0 Å². The van der Waals surface area contributed by atoms with Gasteiger partial charge in [-0.2, -0.15) is 18.3 Å². The predicted octanol–water partition coefficient (Wildman–Crippen LogP) is 2.37. The minimum absolute atomic E-state index is 0.0831. The molecule has 2 heterocycles. The van der Waals surface area contributed by atoms with E-state index in [9.17, 15) is 13.2 Å². The molecule has 0 saturated heterocycles. The molecule has 0 aromatic carbocycles. The van der Waals surface area contributed by atoms with Gasteiger partial charge in [0.2, 0.25) is 0 Å². The Hall–Kier alpha value is -2.12. The van der Waals surface area contributed by atoms with E-state index in [0.29, 0.717) is 11.0 Å². The minimum Gasteiger partial charge on any atom is -0.382 e. The largest absolute Gasteiger partial charge is 0.389 e. The van der Waals surface area contributed by atoms with Crippen molar-refractivity contribution in [3.63, 3.8) is 0 Å². The number of nitrogens with zero attached hydrogens (tertiary/aromatic N) is 3. The van der Waals surface area contributed by atoms with Crippen LogP contribution in [0, 0.1) is 12.3 Å². The van der Waals surface area contributed by atoms with Gasteiger partial charge < -0.3 is 5.73 Å². The zero-order valence-corrected chi connectivity index (χ0v) is 10.8. The minimum atomic E-state index is -4.18. The number of aromatic nitrogens is 3. The summed E-state index contributed by atoms with van der Waals surface area (Å²) < 4.78 is 37.9. The van der Waals surface area contributed by atoms with Crippen molar-refractivity contribution in [2.24, 2.45) is 5.73 Å². The third-order valence-electron chi connectivity index (χ3n) is 2.82. The Labute approximate surface area is 113 Å². The molecule has 0 unspecified atom stereocenters. The molecule has 108 valence electrons. The molecule has 0 aliphatic heterocycles. The van der Waals surface area contributed by atoms with Crippen LogP contribution >= 0.6 is 0 Å². The van der Waals surface area contributed by atoms with Crippen LogP contribution in [0.1, 0.15) is 24.2 Å². The molecule has 0 saturated carbocycles. The van der Waals surface area contributed by atoms with Crippen LogP contribution in [0.5, 0.6) is 0 Å². The first-order chi connectivity index (χ1) is 9.28. The summed E-state index contributed by atoms with van der Waals surface area (Å²) in [4.78, 5) is 4.26. The van der Waals surface area contributed by atoms with Crippen molar-refractivity contribution in [1.82, 2.24) is 14.8 Å². The molecular formula is C12H14F3N5. The zero-order chi connectivity index (χ0) is 14.9. The standard InChI is InChI=1S/C12H14F3N5/c1-7-3-4-8-9(10(16)17)19-20(11(8)18-7)6-2-5-12(13,14)15/h3-4H,2,5-6H2,1H3,(H3,16,17). The summed E-state index contributed by atoms with van der Waals surface area (Å²) in [5.41, 5.74) is 6.86. The number of halogens is 3. The number of fused-ring (bicyclic) bond motifs is 1. The number of nitrogen functional groups attached to an aromatic ring is 1. The quantitative estimate of drug-likeness (QED) is 0.668. The van der Waals surface area contributed by atoms with Crippen LogP contribution in [0.3, 0.4) is 0 Å². The summed E-state index contributed by atoms with van der Waals surface area (Å²) in [5.74, 6) is -0.227. The van der Waals surface area contributed by atoms with E-state index in [0.717, 1.165) is 5.69 Å². The number of aryl methyl sites for hydroxylation is 2. The van der Waals surface area contributed by atoms with E-state index in [4.69, 9.17) is 11.1 Å². The molecule has 0 bridgehead atoms. The molecule has 0 fully saturated rings. The molecule has 0 aliphatic rings. The third-order valence-corrected chi connectivity index (χ3v) is 2.82. The normalized spacial score (nSPS) is 12.0. The molecule has 2 aromatic heterocycles. The predicted molar refractivity (Wildman–Crippen MR) is 68.6 cm³/mol. The van der Waals surface area contributed by atoms with Gasteiger partial charge in [-0.15, -0.1) is 0 Å². The monoisotopic (exact) mass is 285 g/mol. The summed E-state index contributed by atoms with van der Waals surface area (Å²) in [6.45, 7) is 1.86. The second-order valence-corrected chi connectivity index (χ2v) is 4.53. The van der Waals surface area contributed by atoms with E-state index >= 15 is 0 Å². The maximum atomic E-state index is 12.2. The number of pyridine rings is 1. The van der Waals surface area contributed by atoms with Crippen LogP contribution in [0.25, 0.3) is 11.0 Å². The van der Waals surface area contributed by atoms with Gasteiger partial charge in [0.15, 0.2) is 5.65 Å². The van der Waals surface area contributed by atoms with Crippen molar-refractivity contribution in [2.45, 2.75) is 32.5 Å². The Bertz CT molecular complexity index is 644. The lowest BCUT2D eigenvalue weighted by atomic mass is 10.2. The number of nitrogens with two attached hydrogens (primary N) is 1. The lowest BCUT2D eigenvalue weighted by Gasteiger charge is -2.06. The lowest BCUT2D eigenvalue weighted by Crippen LogP contribution is -2.14. The third kappa shape index (κ3) is 3.06. The Kier molecular flexibility index (Phi) is 3.65. The van der Waals surface area contributed by atoms with Crippen LogP contribution in [0.4, 0.5) is 13.2 Å². The number of nitrogens with one attached hydrogen (secondary N) is 1. The van der Waals surface area contributed by atoms with Crippen molar-refractivity contribution < 1.29 is 13.2 Å². The van der Waals surface area contributed by atoms with E-state index in [1.807, 2.05) is 0 Å². The van der Waals surface area contributed by atoms with Gasteiger partial charge in [0, 0.05) is 18.7 Å². The van der Waals surface area contributed by atoms with E-state index in [1.165, 1.54) is 4.68 Å². The fraction of sp³-hybridized carbons (Fsp3) is 0.417. The Balaban J connectivity index is 2.33. The van der Waals surface area contributed by atoms with Gasteiger partial charge in [-0.25, -0.2) is 9.67 Å². The molecule has 0 atom stereocenters. The van der Waals surface area contributed by atoms with Crippen LogP contribution < -0.4 is 5.73 Å². The smallest absolute Gasteiger partial charge is 0.382 e. The molecule has 0 radical (unpaired) electrons. The molecular weight excluding hydrogens is 271 g/mol. The molecule has 0 amide bonds. The summed E-state index contributed by atoms with van der Waals surface area (Å²) in [7, 11) is 0. The van der Waals surface area contributed by atoms with Crippen molar-refractivity contribution >= 4 is 16.9 Å². The van der Waals surface area contributed by atoms with E-state index in [2.05, 4.69) is 10.1 Å². The highest BCUT2D eigenvalue weighted by atomic mass is 19.4. The summed E-state index contributed by atoms with van der Waals surface area (Å²) in [6.07, 6.45) is -5.15. The number of hydrogen-bond acceptors (Lipinski definition) is 3. The molecule has 20 heavy (non-hydrogen) atoms. The van der Waals surface area contributed by atoms with Crippen molar-refractivity contribution in [1.29, 1.82) is 5.41 Å². The van der Waals surface area contributed by atoms with E-state index < -0.39 is 12.6 Å². The van der Waals surface area contributed by atoms with Gasteiger partial charge in [-0.3, -0.25) is 5.41 Å². The highest BCUT2D eigenvalue weighted by Gasteiger charge is 2.26. The Morgan fingerprint density at radius 3 is 2.70 bits per heavy atom. The van der Waals surface area contributed by atoms with Crippen molar-refractivity contribution in [3.05, 3.63) is 23.5 Å². The first kappa shape index (κ1) is 14.3. The first-order valence-corrected chi connectivity index (χ1v) is 6.03. The number of alkyl halides is 3. The summed E-state index contributed by atoms with van der Waals surface area (Å²) in [5, 5.41) is 12.1. The maximum Gasteiger partial charge on any atom is 0.389 e. The fourth-order valence-electron chi connectivity index (χ4n) is 1.93. The van der Waals surface area contributed by atoms with Gasteiger partial charge in [0.1, 0.15) is 11.5 Å². The SMILES string of the molecule is Cc1ccc2c(C(=N)N)nn(CCCC(F)(F)F)c2n1. The van der Waals surface area contributed by atoms with Crippen LogP contribution in [0.2, 0.25) is 0 Å². The Morgan fingerprint density at radius 2 is 2.10 bits per heavy atom. The van der Waals surface area contributed by atoms with E-state index in [-0.39, 0.29) is 24.5 Å². The highest BCUT2D eigenvalue weighted by molar-refractivity contribution is 6.04. The number of hydrogen-bond donors (Lipinski definition) is 2. The molecule has 0 aliphatic carbocycles. The second kappa shape index (κ2) is 5.10. The highest BCUT2D eigenvalue weighted by Crippen LogP contribution is 2.23. The molecule has 0 spiro atoms. The van der Waals surface area contributed by atoms with Crippen molar-refractivity contribution in [2.75, 3.05) is 0 Å². The molecule has 5 nitrogen and oxygen atoms in total. The van der Waals surface area contributed by atoms with Crippen LogP contribution in [-0.4, -0.2) is 26.8 Å². The molecule has 2 rings (SSSR count). The Morgan fingerprint density at radius 1 is 1.40 bits per heavy atom. The maximum absolute atomic E-state index is 12.2. The average molecular weight is 285 g/mol. The van der Waals surface area contributed by atoms with Gasteiger partial charge in [0.05, 0.1) is 5.39 Å². The fourth-order valence-corrected chi connectivity index (χ4v) is 1.93. The first-order valence-electron chi connectivity index (χ1n) is 6.03. The summed E-state index contributed by atoms with van der Waals surface area (Å²) in [6, 6.07) is 3.47. The molecule has 3 N–H and O–H groups in total. The van der Waals surface area contributed by atoms with Gasteiger partial charge in [-0.05, 0) is 25.5 Å². The van der Waals surface area contributed by atoms with Crippen molar-refractivity contribution in [3.8, 4) is 0 Å². The van der Waals surface area contributed by atoms with Gasteiger partial charge in [-0.1, -0.05) is 0 Å². The molecule has 8 heteroatoms.